The summed E-state index contributed by atoms with van der Waals surface area (Å²) < 4.78 is 0. The Labute approximate surface area is 158 Å². The second-order valence-corrected chi connectivity index (χ2v) is 6.94. The summed E-state index contributed by atoms with van der Waals surface area (Å²) in [5.41, 5.74) is 2.88. The van der Waals surface area contributed by atoms with E-state index in [0.717, 1.165) is 28.6 Å². The molecule has 1 saturated heterocycles. The highest BCUT2D eigenvalue weighted by Crippen LogP contribution is 2.28. The minimum atomic E-state index is -0.345. The van der Waals surface area contributed by atoms with Crippen molar-refractivity contribution in [3.63, 3.8) is 0 Å². The number of nitrogens with zero attached hydrogens (tertiary/aromatic N) is 1. The molecular weight excluding hydrogens is 336 g/mol. The van der Waals surface area contributed by atoms with Crippen LogP contribution in [0.1, 0.15) is 18.9 Å². The van der Waals surface area contributed by atoms with Crippen molar-refractivity contribution in [2.45, 2.75) is 19.8 Å². The number of hydrogen-bond acceptors (Lipinski definition) is 2. The van der Waals surface area contributed by atoms with Gasteiger partial charge in [0.2, 0.25) is 11.8 Å². The van der Waals surface area contributed by atoms with Crippen molar-refractivity contribution >= 4 is 34.0 Å². The number of carbonyl (C=O) groups excluding carboxylic acids is 2. The number of rotatable bonds is 4. The quantitative estimate of drug-likeness (QED) is 0.752. The maximum atomic E-state index is 12.8. The fraction of sp³-hybridized carbons (Fsp3) is 0.217. The van der Waals surface area contributed by atoms with E-state index in [1.54, 1.807) is 4.90 Å². The van der Waals surface area contributed by atoms with Crippen molar-refractivity contribution in [2.24, 2.45) is 5.92 Å². The lowest BCUT2D eigenvalue weighted by Gasteiger charge is -2.17. The van der Waals surface area contributed by atoms with Gasteiger partial charge in [-0.3, -0.25) is 9.59 Å². The molecule has 4 nitrogen and oxygen atoms in total. The van der Waals surface area contributed by atoms with Gasteiger partial charge in [0.25, 0.3) is 0 Å². The first kappa shape index (κ1) is 17.3. The second-order valence-electron chi connectivity index (χ2n) is 6.94. The van der Waals surface area contributed by atoms with E-state index in [4.69, 9.17) is 0 Å². The minimum Gasteiger partial charge on any atom is -0.325 e. The van der Waals surface area contributed by atoms with Gasteiger partial charge in [-0.1, -0.05) is 55.5 Å². The van der Waals surface area contributed by atoms with Crippen LogP contribution in [0.15, 0.2) is 66.7 Å². The zero-order valence-electron chi connectivity index (χ0n) is 15.3. The third-order valence-corrected chi connectivity index (χ3v) is 5.20. The Hall–Kier alpha value is -3.14. The van der Waals surface area contributed by atoms with Gasteiger partial charge >= 0.3 is 0 Å². The molecule has 1 heterocycles. The molecule has 0 bridgehead atoms. The lowest BCUT2D eigenvalue weighted by Crippen LogP contribution is -2.28. The lowest BCUT2D eigenvalue weighted by atomic mass is 10.1. The van der Waals surface area contributed by atoms with Crippen LogP contribution < -0.4 is 10.2 Å². The molecule has 1 fully saturated rings. The summed E-state index contributed by atoms with van der Waals surface area (Å²) in [7, 11) is 0. The fourth-order valence-corrected chi connectivity index (χ4v) is 3.61. The molecule has 1 aliphatic rings. The summed E-state index contributed by atoms with van der Waals surface area (Å²) in [6.45, 7) is 2.52. The van der Waals surface area contributed by atoms with Crippen molar-refractivity contribution in [2.75, 3.05) is 16.8 Å². The fourth-order valence-electron chi connectivity index (χ4n) is 3.61. The SMILES string of the molecule is CCc1ccc(N2C[C@H](C(=O)Nc3cccc4ccccc34)CC2=O)cc1. The number of anilines is 2. The number of amides is 2. The monoisotopic (exact) mass is 358 g/mol. The summed E-state index contributed by atoms with van der Waals surface area (Å²) in [6, 6.07) is 21.8. The van der Waals surface area contributed by atoms with Gasteiger partial charge in [-0.15, -0.1) is 0 Å². The average molecular weight is 358 g/mol. The number of nitrogens with one attached hydrogen (secondary N) is 1. The second kappa shape index (κ2) is 7.23. The van der Waals surface area contributed by atoms with Crippen LogP contribution in [0.2, 0.25) is 0 Å². The molecule has 0 aliphatic carbocycles. The van der Waals surface area contributed by atoms with Crippen molar-refractivity contribution in [1.82, 2.24) is 0 Å². The molecule has 1 aliphatic heterocycles. The molecule has 27 heavy (non-hydrogen) atoms. The van der Waals surface area contributed by atoms with Gasteiger partial charge < -0.3 is 10.2 Å². The topological polar surface area (TPSA) is 49.4 Å². The molecule has 0 spiro atoms. The molecule has 1 atom stereocenters. The molecule has 0 aromatic heterocycles. The molecule has 4 rings (SSSR count). The van der Waals surface area contributed by atoms with E-state index in [1.165, 1.54) is 5.56 Å². The Morgan fingerprint density at radius 2 is 1.78 bits per heavy atom. The van der Waals surface area contributed by atoms with E-state index in [1.807, 2.05) is 66.7 Å². The third kappa shape index (κ3) is 3.43. The summed E-state index contributed by atoms with van der Waals surface area (Å²) in [5, 5.41) is 5.10. The van der Waals surface area contributed by atoms with Gasteiger partial charge in [0.15, 0.2) is 0 Å². The molecule has 3 aromatic rings. The Morgan fingerprint density at radius 3 is 2.56 bits per heavy atom. The standard InChI is InChI=1S/C23H22N2O2/c1-2-16-10-12-19(13-11-16)25-15-18(14-22(25)26)23(27)24-21-9-5-7-17-6-3-4-8-20(17)21/h3-13,18H,2,14-15H2,1H3,(H,24,27)/t18-/m1/s1. The van der Waals surface area contributed by atoms with E-state index in [0.29, 0.717) is 6.54 Å². The normalized spacial score (nSPS) is 16.7. The smallest absolute Gasteiger partial charge is 0.229 e. The predicted molar refractivity (Wildman–Crippen MR) is 109 cm³/mol. The zero-order chi connectivity index (χ0) is 18.8. The maximum Gasteiger partial charge on any atom is 0.229 e. The van der Waals surface area contributed by atoms with Gasteiger partial charge in [0.05, 0.1) is 5.92 Å². The molecule has 0 saturated carbocycles. The van der Waals surface area contributed by atoms with E-state index in [2.05, 4.69) is 12.2 Å². The summed E-state index contributed by atoms with van der Waals surface area (Å²) in [6.07, 6.45) is 1.20. The van der Waals surface area contributed by atoms with Gasteiger partial charge in [-0.2, -0.15) is 0 Å². The molecular formula is C23H22N2O2. The lowest BCUT2D eigenvalue weighted by molar-refractivity contribution is -0.122. The van der Waals surface area contributed by atoms with Crippen LogP contribution in [-0.2, 0) is 16.0 Å². The molecule has 0 radical (unpaired) electrons. The van der Waals surface area contributed by atoms with Gasteiger partial charge in [-0.05, 0) is 35.6 Å². The number of benzene rings is 3. The Bertz CT molecular complexity index is 989. The number of carbonyl (C=O) groups is 2. The highest BCUT2D eigenvalue weighted by molar-refractivity contribution is 6.07. The Morgan fingerprint density at radius 1 is 1.04 bits per heavy atom. The number of aryl methyl sites for hydroxylation is 1. The van der Waals surface area contributed by atoms with Crippen LogP contribution in [0.25, 0.3) is 10.8 Å². The highest BCUT2D eigenvalue weighted by atomic mass is 16.2. The summed E-state index contributed by atoms with van der Waals surface area (Å²) in [4.78, 5) is 27.0. The van der Waals surface area contributed by atoms with Crippen LogP contribution in [0.4, 0.5) is 11.4 Å². The van der Waals surface area contributed by atoms with Crippen molar-refractivity contribution in [3.05, 3.63) is 72.3 Å². The van der Waals surface area contributed by atoms with Crippen molar-refractivity contribution in [3.8, 4) is 0 Å². The highest BCUT2D eigenvalue weighted by Gasteiger charge is 2.35. The van der Waals surface area contributed by atoms with E-state index >= 15 is 0 Å². The molecule has 2 amide bonds. The molecule has 136 valence electrons. The number of fused-ring (bicyclic) bond motifs is 1. The van der Waals surface area contributed by atoms with Gasteiger partial charge in [0, 0.05) is 29.7 Å². The zero-order valence-corrected chi connectivity index (χ0v) is 15.3. The third-order valence-electron chi connectivity index (χ3n) is 5.20. The molecule has 1 N–H and O–H groups in total. The molecule has 0 unspecified atom stereocenters. The maximum absolute atomic E-state index is 12.8. The van der Waals surface area contributed by atoms with Gasteiger partial charge in [-0.25, -0.2) is 0 Å². The molecule has 3 aromatic carbocycles. The first-order valence-corrected chi connectivity index (χ1v) is 9.33. The van der Waals surface area contributed by atoms with Crippen LogP contribution >= 0.6 is 0 Å². The van der Waals surface area contributed by atoms with Crippen LogP contribution in [0.5, 0.6) is 0 Å². The first-order chi connectivity index (χ1) is 13.2. The van der Waals surface area contributed by atoms with Crippen molar-refractivity contribution < 1.29 is 9.59 Å². The van der Waals surface area contributed by atoms with E-state index < -0.39 is 0 Å². The molecule has 4 heteroatoms. The Kier molecular flexibility index (Phi) is 4.63. The number of hydrogen-bond donors (Lipinski definition) is 1. The van der Waals surface area contributed by atoms with E-state index in [-0.39, 0.29) is 24.2 Å². The van der Waals surface area contributed by atoms with Crippen LogP contribution in [-0.4, -0.2) is 18.4 Å². The first-order valence-electron chi connectivity index (χ1n) is 9.33. The summed E-state index contributed by atoms with van der Waals surface area (Å²) in [5.74, 6) is -0.452. The van der Waals surface area contributed by atoms with Gasteiger partial charge in [0.1, 0.15) is 0 Å². The predicted octanol–water partition coefficient (Wildman–Crippen LogP) is 4.39. The van der Waals surface area contributed by atoms with E-state index in [9.17, 15) is 9.59 Å². The average Bonchev–Trinajstić information content (AvgIpc) is 3.10. The van der Waals surface area contributed by atoms with Crippen LogP contribution in [0, 0.1) is 5.92 Å². The largest absolute Gasteiger partial charge is 0.325 e. The minimum absolute atomic E-state index is 0.00248. The summed E-state index contributed by atoms with van der Waals surface area (Å²) >= 11 is 0. The van der Waals surface area contributed by atoms with Crippen molar-refractivity contribution in [1.29, 1.82) is 0 Å². The Balaban J connectivity index is 1.50. The van der Waals surface area contributed by atoms with Crippen LogP contribution in [0.3, 0.4) is 0 Å².